The van der Waals surface area contributed by atoms with E-state index in [4.69, 9.17) is 19.2 Å². The Bertz CT molecular complexity index is 1220. The van der Waals surface area contributed by atoms with Gasteiger partial charge in [0.15, 0.2) is 29.0 Å². The van der Waals surface area contributed by atoms with E-state index in [1.165, 1.54) is 0 Å². The van der Waals surface area contributed by atoms with Crippen LogP contribution in [0, 0.1) is 0 Å². The number of fused-ring (bicyclic) bond motifs is 1. The number of aromatic nitrogens is 5. The molecule has 2 fully saturated rings. The van der Waals surface area contributed by atoms with Crippen LogP contribution in [0.1, 0.15) is 90.0 Å². The molecule has 12 heteroatoms. The van der Waals surface area contributed by atoms with Crippen LogP contribution >= 0.6 is 0 Å². The Labute approximate surface area is 229 Å². The highest BCUT2D eigenvalue weighted by atomic mass is 16.6. The highest BCUT2D eigenvalue weighted by molar-refractivity contribution is 5.84. The number of imidazole rings is 1. The Morgan fingerprint density at radius 2 is 1.97 bits per heavy atom. The van der Waals surface area contributed by atoms with Crippen LogP contribution in [-0.4, -0.2) is 72.4 Å². The van der Waals surface area contributed by atoms with Crippen LogP contribution in [-0.2, 0) is 11.2 Å². The lowest BCUT2D eigenvalue weighted by Crippen LogP contribution is -2.49. The lowest BCUT2D eigenvalue weighted by molar-refractivity contribution is -0.0434. The molecule has 0 radical (unpaired) electrons. The van der Waals surface area contributed by atoms with Crippen molar-refractivity contribution in [2.45, 2.75) is 109 Å². The molecule has 2 saturated heterocycles. The van der Waals surface area contributed by atoms with Gasteiger partial charge < -0.3 is 29.7 Å². The summed E-state index contributed by atoms with van der Waals surface area (Å²) in [6, 6.07) is 2.01. The zero-order valence-corrected chi connectivity index (χ0v) is 23.4. The number of rotatable bonds is 11. The fourth-order valence-electron chi connectivity index (χ4n) is 5.57. The van der Waals surface area contributed by atoms with Gasteiger partial charge in [-0.15, -0.1) is 0 Å². The van der Waals surface area contributed by atoms with Gasteiger partial charge in [-0.1, -0.05) is 32.3 Å². The molecule has 214 valence electrons. The molecule has 2 aliphatic heterocycles. The van der Waals surface area contributed by atoms with Crippen molar-refractivity contribution in [1.29, 1.82) is 0 Å². The molecule has 5 heterocycles. The molecule has 39 heavy (non-hydrogen) atoms. The second kappa shape index (κ2) is 12.2. The van der Waals surface area contributed by atoms with Crippen molar-refractivity contribution < 1.29 is 19.5 Å². The minimum absolute atomic E-state index is 0.141. The molecule has 12 nitrogen and oxygen atoms in total. The van der Waals surface area contributed by atoms with Gasteiger partial charge in [0, 0.05) is 18.7 Å². The topological polar surface area (TPSA) is 147 Å². The summed E-state index contributed by atoms with van der Waals surface area (Å²) in [5.41, 5.74) is 1.92. The van der Waals surface area contributed by atoms with Crippen molar-refractivity contribution >= 4 is 22.9 Å². The van der Waals surface area contributed by atoms with Gasteiger partial charge in [-0.2, -0.15) is 9.97 Å². The summed E-state index contributed by atoms with van der Waals surface area (Å²) in [6.45, 7) is 10.1. The predicted octanol–water partition coefficient (Wildman–Crippen LogP) is 3.29. The second-order valence-electron chi connectivity index (χ2n) is 10.5. The molecule has 1 unspecified atom stereocenters. The van der Waals surface area contributed by atoms with Crippen LogP contribution in [0.2, 0.25) is 0 Å². The molecule has 0 amide bonds. The molecule has 5 rings (SSSR count). The van der Waals surface area contributed by atoms with Gasteiger partial charge in [0.1, 0.15) is 18.3 Å². The van der Waals surface area contributed by atoms with E-state index >= 15 is 0 Å². The molecule has 2 aliphatic rings. The number of hydrogen-bond donors (Lipinski definition) is 4. The fourth-order valence-corrected chi connectivity index (χ4v) is 5.57. The first-order chi connectivity index (χ1) is 19.0. The summed E-state index contributed by atoms with van der Waals surface area (Å²) >= 11 is 0. The van der Waals surface area contributed by atoms with E-state index in [2.05, 4.69) is 53.4 Å². The summed E-state index contributed by atoms with van der Waals surface area (Å²) in [7, 11) is 0. The summed E-state index contributed by atoms with van der Waals surface area (Å²) < 4.78 is 13.4. The summed E-state index contributed by atoms with van der Waals surface area (Å²) in [6.07, 6.45) is 4.44. The maximum Gasteiger partial charge on any atom is 0.230 e. The van der Waals surface area contributed by atoms with Gasteiger partial charge >= 0.3 is 0 Å². The predicted molar refractivity (Wildman–Crippen MR) is 147 cm³/mol. The third-order valence-corrected chi connectivity index (χ3v) is 7.87. The van der Waals surface area contributed by atoms with Crippen molar-refractivity contribution in [2.75, 3.05) is 23.3 Å². The number of aliphatic hydroxyl groups excluding tert-OH is 2. The van der Waals surface area contributed by atoms with Crippen LogP contribution in [0.3, 0.4) is 0 Å². The Balaban J connectivity index is 1.53. The second-order valence-corrected chi connectivity index (χ2v) is 10.5. The molecule has 4 N–H and O–H groups in total. The number of anilines is 2. The molecule has 5 atom stereocenters. The SMILES string of the molecule is CCCc1cc([C@H]2O[C@@H](n3cnc4c(NC(CC)CC)nc(N(CC)C5CCCCN5)nc43)[C@H](O)[C@@H]2O)on1. The number of nitrogens with one attached hydrogen (secondary N) is 2. The van der Waals surface area contributed by atoms with Crippen molar-refractivity contribution in [3.8, 4) is 0 Å². The molecule has 3 aromatic rings. The molecule has 0 aliphatic carbocycles. The Hall–Kier alpha value is -2.80. The quantitative estimate of drug-likeness (QED) is 0.283. The highest BCUT2D eigenvalue weighted by Gasteiger charge is 2.47. The third-order valence-electron chi connectivity index (χ3n) is 7.87. The number of ether oxygens (including phenoxy) is 1. The Morgan fingerprint density at radius 3 is 2.67 bits per heavy atom. The molecule has 0 spiro atoms. The first-order valence-corrected chi connectivity index (χ1v) is 14.5. The fraction of sp³-hybridized carbons (Fsp3) is 0.704. The maximum atomic E-state index is 11.1. The third kappa shape index (κ3) is 5.47. The van der Waals surface area contributed by atoms with Crippen LogP contribution < -0.4 is 15.5 Å². The van der Waals surface area contributed by atoms with Gasteiger partial charge in [-0.3, -0.25) is 9.88 Å². The van der Waals surface area contributed by atoms with E-state index in [1.807, 2.05) is 0 Å². The Morgan fingerprint density at radius 1 is 1.15 bits per heavy atom. The van der Waals surface area contributed by atoms with Crippen LogP contribution in [0.25, 0.3) is 11.2 Å². The van der Waals surface area contributed by atoms with E-state index in [-0.39, 0.29) is 12.2 Å². The van der Waals surface area contributed by atoms with Crippen molar-refractivity contribution in [2.24, 2.45) is 0 Å². The van der Waals surface area contributed by atoms with Gasteiger partial charge in [-0.25, -0.2) is 4.98 Å². The minimum atomic E-state index is -1.22. The Kier molecular flexibility index (Phi) is 8.65. The minimum Gasteiger partial charge on any atom is -0.387 e. The molecule has 3 aromatic heterocycles. The molecule has 0 saturated carbocycles. The van der Waals surface area contributed by atoms with Gasteiger partial charge in [0.2, 0.25) is 5.95 Å². The van der Waals surface area contributed by atoms with E-state index in [0.717, 1.165) is 63.7 Å². The monoisotopic (exact) mass is 542 g/mol. The number of aryl methyl sites for hydroxylation is 1. The van der Waals surface area contributed by atoms with Gasteiger partial charge in [-0.05, 0) is 52.0 Å². The smallest absolute Gasteiger partial charge is 0.230 e. The summed E-state index contributed by atoms with van der Waals surface area (Å²) in [5.74, 6) is 1.63. The number of piperidine rings is 1. The maximum absolute atomic E-state index is 11.1. The zero-order valence-electron chi connectivity index (χ0n) is 23.4. The first kappa shape index (κ1) is 27.8. The molecule has 0 aromatic carbocycles. The summed E-state index contributed by atoms with van der Waals surface area (Å²) in [4.78, 5) is 16.7. The van der Waals surface area contributed by atoms with Gasteiger partial charge in [0.25, 0.3) is 0 Å². The molecule has 0 bridgehead atoms. The average Bonchev–Trinajstić information content (AvgIpc) is 3.67. The van der Waals surface area contributed by atoms with E-state index in [1.54, 1.807) is 17.0 Å². The van der Waals surface area contributed by atoms with E-state index in [0.29, 0.717) is 28.7 Å². The number of hydrogen-bond acceptors (Lipinski definition) is 11. The lowest BCUT2D eigenvalue weighted by Gasteiger charge is -2.34. The normalized spacial score (nSPS) is 25.6. The molecular weight excluding hydrogens is 500 g/mol. The lowest BCUT2D eigenvalue weighted by atomic mass is 10.1. The van der Waals surface area contributed by atoms with Crippen molar-refractivity contribution in [1.82, 2.24) is 30.0 Å². The van der Waals surface area contributed by atoms with Gasteiger partial charge in [0.05, 0.1) is 18.2 Å². The van der Waals surface area contributed by atoms with Crippen LogP contribution in [0.4, 0.5) is 11.8 Å². The molecular formula is C27H42N8O4. The standard InChI is InChI=1S/C27H42N8O4/c1-5-11-17-14-18(39-33-17)23-21(36)22(37)26(38-23)35-15-29-20-24(30-16(6-2)7-3)31-27(32-25(20)35)34(8-4)19-12-9-10-13-28-19/h14-16,19,21-23,26,28,36-37H,5-13H2,1-4H3,(H,30,31,32)/t19?,21-,22+,23+,26+/m0/s1. The number of nitrogens with zero attached hydrogens (tertiary/aromatic N) is 6. The zero-order chi connectivity index (χ0) is 27.5. The van der Waals surface area contributed by atoms with Crippen LogP contribution in [0.5, 0.6) is 0 Å². The number of aliphatic hydroxyl groups is 2. The largest absolute Gasteiger partial charge is 0.387 e. The van der Waals surface area contributed by atoms with E-state index in [9.17, 15) is 10.2 Å². The van der Waals surface area contributed by atoms with E-state index < -0.39 is 24.5 Å². The average molecular weight is 543 g/mol. The highest BCUT2D eigenvalue weighted by Crippen LogP contribution is 2.40. The van der Waals surface area contributed by atoms with Crippen molar-refractivity contribution in [3.05, 3.63) is 23.8 Å². The van der Waals surface area contributed by atoms with Crippen LogP contribution in [0.15, 0.2) is 16.9 Å². The first-order valence-electron chi connectivity index (χ1n) is 14.5. The van der Waals surface area contributed by atoms with Crippen molar-refractivity contribution in [3.63, 3.8) is 0 Å². The summed E-state index contributed by atoms with van der Waals surface area (Å²) in [5, 5.41) is 33.3.